The minimum Gasteiger partial charge on any atom is -0.368 e. The van der Waals surface area contributed by atoms with Gasteiger partial charge in [0.2, 0.25) is 11.8 Å². The van der Waals surface area contributed by atoms with E-state index < -0.39 is 24.3 Å². The van der Waals surface area contributed by atoms with E-state index in [0.717, 1.165) is 40.9 Å². The Morgan fingerprint density at radius 1 is 1.06 bits per heavy atom. The maximum atomic E-state index is 12.8. The van der Waals surface area contributed by atoms with Crippen LogP contribution < -0.4 is 5.73 Å². The van der Waals surface area contributed by atoms with Gasteiger partial charge < -0.3 is 20.5 Å². The molecule has 1 saturated carbocycles. The first-order valence-electron chi connectivity index (χ1n) is 12.6. The molecule has 188 valence electrons. The van der Waals surface area contributed by atoms with Crippen LogP contribution in [-0.2, 0) is 30.4 Å². The van der Waals surface area contributed by atoms with Gasteiger partial charge in [-0.3, -0.25) is 14.4 Å². The largest absolute Gasteiger partial charge is 0.368 e. The normalized spacial score (nSPS) is 19.7. The molecular weight excluding hydrogens is 448 g/mol. The fraction of sp³-hybridized carbons (Fsp3) is 0.538. The zero-order valence-electron chi connectivity index (χ0n) is 20.0. The summed E-state index contributed by atoms with van der Waals surface area (Å²) in [5.74, 6) is -1.31. The lowest BCUT2D eigenvalue weighted by atomic mass is 9.78. The van der Waals surface area contributed by atoms with Crippen LogP contribution in [0.2, 0.25) is 0 Å². The lowest BCUT2D eigenvalue weighted by molar-refractivity contribution is -0.198. The summed E-state index contributed by atoms with van der Waals surface area (Å²) in [4.78, 5) is 59.9. The summed E-state index contributed by atoms with van der Waals surface area (Å²) in [5.41, 5.74) is 6.87. The van der Waals surface area contributed by atoms with Gasteiger partial charge in [-0.2, -0.15) is 5.06 Å². The Labute approximate surface area is 204 Å². The highest BCUT2D eigenvalue weighted by Gasteiger charge is 2.35. The minimum atomic E-state index is -0.785. The second-order valence-corrected chi connectivity index (χ2v) is 9.59. The van der Waals surface area contributed by atoms with Gasteiger partial charge >= 0.3 is 5.97 Å². The number of nitrogens with zero attached hydrogens (tertiary/aromatic N) is 2. The van der Waals surface area contributed by atoms with Crippen molar-refractivity contribution in [2.75, 3.05) is 13.1 Å². The number of carbonyl (C=O) groups is 4. The zero-order chi connectivity index (χ0) is 24.8. The monoisotopic (exact) mass is 482 g/mol. The van der Waals surface area contributed by atoms with Crippen LogP contribution in [0.4, 0.5) is 0 Å². The van der Waals surface area contributed by atoms with Crippen LogP contribution in [0.3, 0.4) is 0 Å². The van der Waals surface area contributed by atoms with Gasteiger partial charge in [0.15, 0.2) is 0 Å². The predicted octanol–water partition coefficient (Wildman–Crippen LogP) is 2.83. The highest BCUT2D eigenvalue weighted by molar-refractivity contribution is 5.90. The molecule has 2 aliphatic rings. The number of benzene rings is 1. The number of fused-ring (bicyclic) bond motifs is 2. The number of aromatic amines is 1. The first kappa shape index (κ1) is 24.8. The number of hydroxylamine groups is 2. The molecule has 3 N–H and O–H groups in total. The van der Waals surface area contributed by atoms with Gasteiger partial charge in [-0.05, 0) is 49.7 Å². The molecule has 2 fully saturated rings. The molecule has 9 heteroatoms. The summed E-state index contributed by atoms with van der Waals surface area (Å²) in [5, 5.41) is 1.61. The number of hydrogen-bond acceptors (Lipinski definition) is 5. The predicted molar refractivity (Wildman–Crippen MR) is 130 cm³/mol. The average Bonchev–Trinajstić information content (AvgIpc) is 3.25. The number of rotatable bonds is 8. The molecule has 0 radical (unpaired) electrons. The molecule has 2 unspecified atom stereocenters. The Balaban J connectivity index is 1.28. The number of nitrogens with one attached hydrogen (secondary N) is 1. The molecule has 0 bridgehead atoms. The second kappa shape index (κ2) is 11.4. The van der Waals surface area contributed by atoms with Crippen LogP contribution in [-0.4, -0.2) is 57.8 Å². The third-order valence-corrected chi connectivity index (χ3v) is 7.14. The minimum absolute atomic E-state index is 0.0245. The molecule has 2 heterocycles. The molecular formula is C26H34N4O5. The van der Waals surface area contributed by atoms with Crippen molar-refractivity contribution in [3.63, 3.8) is 0 Å². The van der Waals surface area contributed by atoms with Crippen LogP contribution in [0, 0.1) is 5.92 Å². The quantitative estimate of drug-likeness (QED) is 0.560. The number of primary amides is 1. The third-order valence-electron chi connectivity index (χ3n) is 7.14. The molecule has 2 atom stereocenters. The van der Waals surface area contributed by atoms with Crippen molar-refractivity contribution in [3.05, 3.63) is 36.0 Å². The Kier molecular flexibility index (Phi) is 8.05. The number of piperidine rings is 1. The smallest absolute Gasteiger partial charge is 0.332 e. The molecule has 1 aromatic carbocycles. The van der Waals surface area contributed by atoms with Gasteiger partial charge in [0.1, 0.15) is 6.54 Å². The van der Waals surface area contributed by atoms with E-state index in [1.54, 1.807) is 6.20 Å². The molecule has 3 amide bonds. The van der Waals surface area contributed by atoms with E-state index >= 15 is 0 Å². The van der Waals surface area contributed by atoms with E-state index in [2.05, 4.69) is 4.98 Å². The zero-order valence-corrected chi connectivity index (χ0v) is 20.0. The van der Waals surface area contributed by atoms with Crippen molar-refractivity contribution in [1.29, 1.82) is 0 Å². The number of H-pyrrole nitrogens is 1. The van der Waals surface area contributed by atoms with Crippen molar-refractivity contribution in [2.24, 2.45) is 11.7 Å². The first-order chi connectivity index (χ1) is 16.9. The topological polar surface area (TPSA) is 126 Å². The molecule has 1 aliphatic heterocycles. The molecule has 35 heavy (non-hydrogen) atoms. The maximum Gasteiger partial charge on any atom is 0.332 e. The van der Waals surface area contributed by atoms with E-state index in [-0.39, 0.29) is 25.2 Å². The SMILES string of the molecule is NC(=O)CN(OC(=O)CCCC(=O)N1CCCC2CCCCC21)C(=O)Cc1c[nH]c2ccccc12. The number of hydrogen-bond donors (Lipinski definition) is 2. The van der Waals surface area contributed by atoms with E-state index in [1.807, 2.05) is 29.2 Å². The van der Waals surface area contributed by atoms with Crippen LogP contribution in [0.25, 0.3) is 10.9 Å². The van der Waals surface area contributed by atoms with Crippen LogP contribution in [0.5, 0.6) is 0 Å². The third kappa shape index (κ3) is 6.21. The Morgan fingerprint density at radius 3 is 2.66 bits per heavy atom. The fourth-order valence-electron chi connectivity index (χ4n) is 5.47. The van der Waals surface area contributed by atoms with Gasteiger partial charge in [0, 0.05) is 42.5 Å². The van der Waals surface area contributed by atoms with Crippen molar-refractivity contribution < 1.29 is 24.0 Å². The number of nitrogens with two attached hydrogens (primary N) is 1. The Bertz CT molecular complexity index is 1080. The molecule has 1 saturated heterocycles. The molecule has 1 aliphatic carbocycles. The van der Waals surface area contributed by atoms with Gasteiger partial charge in [-0.25, -0.2) is 4.79 Å². The number of amides is 3. The van der Waals surface area contributed by atoms with Gasteiger partial charge in [0.25, 0.3) is 5.91 Å². The highest BCUT2D eigenvalue weighted by atomic mass is 16.7. The summed E-state index contributed by atoms with van der Waals surface area (Å²) in [6.07, 6.45) is 9.14. The molecule has 1 aromatic heterocycles. The van der Waals surface area contributed by atoms with Crippen LogP contribution in [0.1, 0.15) is 63.4 Å². The summed E-state index contributed by atoms with van der Waals surface area (Å²) >= 11 is 0. The number of para-hydroxylation sites is 1. The van der Waals surface area contributed by atoms with Crippen LogP contribution >= 0.6 is 0 Å². The number of carbonyl (C=O) groups excluding carboxylic acids is 4. The van der Waals surface area contributed by atoms with Crippen molar-refractivity contribution in [3.8, 4) is 0 Å². The van der Waals surface area contributed by atoms with Gasteiger partial charge in [0.05, 0.1) is 6.42 Å². The van der Waals surface area contributed by atoms with Gasteiger partial charge in [-0.15, -0.1) is 0 Å². The van der Waals surface area contributed by atoms with E-state index in [4.69, 9.17) is 10.6 Å². The number of aromatic nitrogens is 1. The molecule has 9 nitrogen and oxygen atoms in total. The fourth-order valence-corrected chi connectivity index (χ4v) is 5.47. The highest BCUT2D eigenvalue weighted by Crippen LogP contribution is 2.35. The summed E-state index contributed by atoms with van der Waals surface area (Å²) < 4.78 is 0. The lowest BCUT2D eigenvalue weighted by Gasteiger charge is -2.44. The summed E-state index contributed by atoms with van der Waals surface area (Å²) in [6, 6.07) is 7.86. The average molecular weight is 483 g/mol. The van der Waals surface area contributed by atoms with Crippen LogP contribution in [0.15, 0.2) is 30.5 Å². The van der Waals surface area contributed by atoms with Crippen molar-refractivity contribution >= 4 is 34.6 Å². The summed E-state index contributed by atoms with van der Waals surface area (Å²) in [7, 11) is 0. The lowest BCUT2D eigenvalue weighted by Crippen LogP contribution is -2.49. The van der Waals surface area contributed by atoms with Gasteiger partial charge in [-0.1, -0.05) is 31.0 Å². The maximum absolute atomic E-state index is 12.8. The molecule has 0 spiro atoms. The van der Waals surface area contributed by atoms with E-state index in [0.29, 0.717) is 18.4 Å². The van der Waals surface area contributed by atoms with Crippen molar-refractivity contribution in [1.82, 2.24) is 14.9 Å². The van der Waals surface area contributed by atoms with Crippen molar-refractivity contribution in [2.45, 2.75) is 70.3 Å². The Morgan fingerprint density at radius 2 is 1.83 bits per heavy atom. The van der Waals surface area contributed by atoms with E-state index in [9.17, 15) is 19.2 Å². The molecule has 4 rings (SSSR count). The Hall–Kier alpha value is -3.36. The standard InChI is InChI=1S/C26H34N4O5/c27-23(31)17-30(25(33)15-19-16-28-21-10-3-2-9-20(19)21)35-26(34)13-5-12-24(32)29-14-6-8-18-7-1-4-11-22(18)29/h2-3,9-10,16,18,22,28H,1,4-8,11-15,17H2,(H2,27,31). The second-order valence-electron chi connectivity index (χ2n) is 9.59. The van der Waals surface area contributed by atoms with E-state index in [1.165, 1.54) is 25.7 Å². The first-order valence-corrected chi connectivity index (χ1v) is 12.6. The number of likely N-dealkylation sites (tertiary alicyclic amines) is 1. The molecule has 2 aromatic rings. The summed E-state index contributed by atoms with van der Waals surface area (Å²) in [6.45, 7) is 0.266.